The number of rotatable bonds is 0. The Morgan fingerprint density at radius 3 is 2.81 bits per heavy atom. The molecule has 1 aromatic carbocycles. The Morgan fingerprint density at radius 2 is 2.00 bits per heavy atom. The van der Waals surface area contributed by atoms with E-state index in [-0.39, 0.29) is 11.4 Å². The Labute approximate surface area is 95.4 Å². The Balaban J connectivity index is 1.88. The summed E-state index contributed by atoms with van der Waals surface area (Å²) < 4.78 is 6.14. The first-order valence-corrected chi connectivity index (χ1v) is 6.03. The molecule has 3 rings (SSSR count). The van der Waals surface area contributed by atoms with Crippen molar-refractivity contribution < 1.29 is 9.84 Å². The molecule has 1 spiro atoms. The average Bonchev–Trinajstić information content (AvgIpc) is 2.31. The van der Waals surface area contributed by atoms with E-state index in [0.29, 0.717) is 0 Å². The van der Waals surface area contributed by atoms with Crippen LogP contribution in [0.3, 0.4) is 0 Å². The molecular formula is C13H17NO2. The smallest absolute Gasteiger partial charge is 0.143 e. The van der Waals surface area contributed by atoms with E-state index in [1.54, 1.807) is 12.1 Å². The largest absolute Gasteiger partial charge is 0.508 e. The zero-order valence-corrected chi connectivity index (χ0v) is 9.33. The van der Waals surface area contributed by atoms with Crippen LogP contribution in [0.4, 0.5) is 5.69 Å². The summed E-state index contributed by atoms with van der Waals surface area (Å²) >= 11 is 0. The minimum atomic E-state index is 0.00220. The highest BCUT2D eigenvalue weighted by atomic mass is 16.5. The molecule has 1 aromatic rings. The second-order valence-electron chi connectivity index (χ2n) is 4.88. The SMILES string of the molecule is Oc1ccc2c(c1)NCC1(CCCCC1)O2. The van der Waals surface area contributed by atoms with Gasteiger partial charge in [0.15, 0.2) is 0 Å². The van der Waals surface area contributed by atoms with Crippen molar-refractivity contribution in [3.63, 3.8) is 0 Å². The molecule has 1 aliphatic carbocycles. The summed E-state index contributed by atoms with van der Waals surface area (Å²) in [6, 6.07) is 5.26. The number of phenolic OH excluding ortho intramolecular Hbond substituents is 1. The molecule has 0 unspecified atom stereocenters. The van der Waals surface area contributed by atoms with Crippen molar-refractivity contribution in [2.24, 2.45) is 0 Å². The van der Waals surface area contributed by atoms with Crippen LogP contribution in [0.5, 0.6) is 11.5 Å². The lowest BCUT2D eigenvalue weighted by atomic mass is 9.83. The second kappa shape index (κ2) is 3.58. The number of anilines is 1. The summed E-state index contributed by atoms with van der Waals surface area (Å²) in [5.74, 6) is 1.17. The summed E-state index contributed by atoms with van der Waals surface area (Å²) in [5.41, 5.74) is 0.915. The summed E-state index contributed by atoms with van der Waals surface area (Å²) in [6.07, 6.45) is 6.12. The quantitative estimate of drug-likeness (QED) is 0.705. The number of benzene rings is 1. The van der Waals surface area contributed by atoms with Crippen molar-refractivity contribution in [3.8, 4) is 11.5 Å². The van der Waals surface area contributed by atoms with Crippen LogP contribution >= 0.6 is 0 Å². The highest BCUT2D eigenvalue weighted by Gasteiger charge is 2.37. The number of hydrogen-bond donors (Lipinski definition) is 2. The molecule has 0 atom stereocenters. The molecule has 0 radical (unpaired) electrons. The normalized spacial score (nSPS) is 22.0. The van der Waals surface area contributed by atoms with Crippen molar-refractivity contribution >= 4 is 5.69 Å². The van der Waals surface area contributed by atoms with E-state index in [0.717, 1.165) is 30.8 Å². The fourth-order valence-electron chi connectivity index (χ4n) is 2.75. The molecule has 3 nitrogen and oxygen atoms in total. The molecule has 2 aliphatic rings. The van der Waals surface area contributed by atoms with Gasteiger partial charge in [-0.3, -0.25) is 0 Å². The second-order valence-corrected chi connectivity index (χ2v) is 4.88. The van der Waals surface area contributed by atoms with Gasteiger partial charge in [-0.05, 0) is 37.8 Å². The first kappa shape index (κ1) is 9.82. The molecule has 3 heteroatoms. The van der Waals surface area contributed by atoms with Crippen LogP contribution in [0.15, 0.2) is 18.2 Å². The number of phenols is 1. The van der Waals surface area contributed by atoms with Crippen molar-refractivity contribution in [1.29, 1.82) is 0 Å². The van der Waals surface area contributed by atoms with Gasteiger partial charge in [0.2, 0.25) is 0 Å². The van der Waals surface area contributed by atoms with E-state index in [4.69, 9.17) is 4.74 Å². The predicted molar refractivity (Wildman–Crippen MR) is 63.0 cm³/mol. The summed E-state index contributed by atoms with van der Waals surface area (Å²) in [4.78, 5) is 0. The Kier molecular flexibility index (Phi) is 2.20. The lowest BCUT2D eigenvalue weighted by molar-refractivity contribution is 0.0369. The Bertz CT molecular complexity index is 397. The van der Waals surface area contributed by atoms with Gasteiger partial charge in [-0.15, -0.1) is 0 Å². The molecule has 0 amide bonds. The molecule has 0 bridgehead atoms. The van der Waals surface area contributed by atoms with E-state index in [1.807, 2.05) is 6.07 Å². The van der Waals surface area contributed by atoms with Gasteiger partial charge in [0.05, 0.1) is 12.2 Å². The van der Waals surface area contributed by atoms with Crippen LogP contribution in [0.1, 0.15) is 32.1 Å². The van der Waals surface area contributed by atoms with Crippen LogP contribution in [-0.2, 0) is 0 Å². The molecule has 86 valence electrons. The summed E-state index contributed by atoms with van der Waals surface area (Å²) in [5, 5.41) is 12.8. The highest BCUT2D eigenvalue weighted by molar-refractivity contribution is 5.61. The molecule has 1 heterocycles. The van der Waals surface area contributed by atoms with E-state index in [1.165, 1.54) is 19.3 Å². The van der Waals surface area contributed by atoms with Crippen LogP contribution < -0.4 is 10.1 Å². The van der Waals surface area contributed by atoms with Crippen molar-refractivity contribution in [2.45, 2.75) is 37.7 Å². The molecule has 1 fully saturated rings. The maximum absolute atomic E-state index is 9.39. The number of fused-ring (bicyclic) bond motifs is 1. The van der Waals surface area contributed by atoms with Gasteiger partial charge in [-0.1, -0.05) is 6.42 Å². The Morgan fingerprint density at radius 1 is 1.19 bits per heavy atom. The highest BCUT2D eigenvalue weighted by Crippen LogP contribution is 2.41. The van der Waals surface area contributed by atoms with Crippen molar-refractivity contribution in [2.75, 3.05) is 11.9 Å². The standard InChI is InChI=1S/C13H17NO2/c15-10-4-5-12-11(8-10)14-9-13(16-12)6-2-1-3-7-13/h4-5,8,14-15H,1-3,6-7,9H2. The van der Waals surface area contributed by atoms with Crippen LogP contribution in [0, 0.1) is 0 Å². The zero-order valence-electron chi connectivity index (χ0n) is 9.33. The van der Waals surface area contributed by atoms with E-state index in [2.05, 4.69) is 5.32 Å². The topological polar surface area (TPSA) is 41.5 Å². The maximum Gasteiger partial charge on any atom is 0.143 e. The number of aromatic hydroxyl groups is 1. The monoisotopic (exact) mass is 219 g/mol. The minimum absolute atomic E-state index is 0.00220. The van der Waals surface area contributed by atoms with Crippen LogP contribution in [-0.4, -0.2) is 17.3 Å². The average molecular weight is 219 g/mol. The van der Waals surface area contributed by atoms with Crippen LogP contribution in [0.25, 0.3) is 0 Å². The fraction of sp³-hybridized carbons (Fsp3) is 0.538. The van der Waals surface area contributed by atoms with E-state index >= 15 is 0 Å². The molecule has 16 heavy (non-hydrogen) atoms. The molecule has 0 saturated heterocycles. The van der Waals surface area contributed by atoms with Gasteiger partial charge in [0.1, 0.15) is 17.1 Å². The van der Waals surface area contributed by atoms with Crippen LogP contribution in [0.2, 0.25) is 0 Å². The third-order valence-electron chi connectivity index (χ3n) is 3.66. The third-order valence-corrected chi connectivity index (χ3v) is 3.66. The molecule has 1 aliphatic heterocycles. The molecular weight excluding hydrogens is 202 g/mol. The predicted octanol–water partition coefficient (Wildman–Crippen LogP) is 2.90. The van der Waals surface area contributed by atoms with Crippen molar-refractivity contribution in [1.82, 2.24) is 0 Å². The van der Waals surface area contributed by atoms with Gasteiger partial charge in [-0.2, -0.15) is 0 Å². The Hall–Kier alpha value is -1.38. The molecule has 2 N–H and O–H groups in total. The molecule has 0 aromatic heterocycles. The van der Waals surface area contributed by atoms with Gasteiger partial charge in [0, 0.05) is 6.07 Å². The lowest BCUT2D eigenvalue weighted by Gasteiger charge is -2.41. The first-order chi connectivity index (χ1) is 7.77. The third kappa shape index (κ3) is 1.60. The first-order valence-electron chi connectivity index (χ1n) is 6.03. The minimum Gasteiger partial charge on any atom is -0.508 e. The van der Waals surface area contributed by atoms with Gasteiger partial charge < -0.3 is 15.2 Å². The number of ether oxygens (including phenoxy) is 1. The summed E-state index contributed by atoms with van der Waals surface area (Å²) in [7, 11) is 0. The molecule has 1 saturated carbocycles. The fourth-order valence-corrected chi connectivity index (χ4v) is 2.75. The number of hydrogen-bond acceptors (Lipinski definition) is 3. The number of nitrogens with one attached hydrogen (secondary N) is 1. The maximum atomic E-state index is 9.39. The van der Waals surface area contributed by atoms with Gasteiger partial charge in [-0.25, -0.2) is 0 Å². The van der Waals surface area contributed by atoms with Gasteiger partial charge >= 0.3 is 0 Å². The van der Waals surface area contributed by atoms with Crippen molar-refractivity contribution in [3.05, 3.63) is 18.2 Å². The zero-order chi connectivity index (χ0) is 11.0. The van der Waals surface area contributed by atoms with E-state index in [9.17, 15) is 5.11 Å². The van der Waals surface area contributed by atoms with Gasteiger partial charge in [0.25, 0.3) is 0 Å². The lowest BCUT2D eigenvalue weighted by Crippen LogP contribution is -2.47. The van der Waals surface area contributed by atoms with E-state index < -0.39 is 0 Å². The summed E-state index contributed by atoms with van der Waals surface area (Å²) in [6.45, 7) is 0.865.